The molecule has 3 heteroatoms. The molecule has 1 saturated carbocycles. The summed E-state index contributed by atoms with van der Waals surface area (Å²) >= 11 is 0. The van der Waals surface area contributed by atoms with Crippen molar-refractivity contribution in [3.8, 4) is 0 Å². The highest BCUT2D eigenvalue weighted by Crippen LogP contribution is 2.27. The molecule has 0 amide bonds. The van der Waals surface area contributed by atoms with E-state index in [9.17, 15) is 5.11 Å². The highest BCUT2D eigenvalue weighted by molar-refractivity contribution is 5.86. The average Bonchev–Trinajstić information content (AvgIpc) is 2.61. The minimum atomic E-state index is -0.473. The van der Waals surface area contributed by atoms with E-state index in [1.807, 2.05) is 0 Å². The normalized spacial score (nSPS) is 18.6. The topological polar surface area (TPSA) is 44.3 Å². The number of fused-ring (bicyclic) bond motifs is 1. The molecule has 0 unspecified atom stereocenters. The zero-order valence-electron chi connectivity index (χ0n) is 14.7. The molecular weight excluding hydrogens is 296 g/mol. The number of hydrogen-bond donors (Lipinski definition) is 3. The summed E-state index contributed by atoms with van der Waals surface area (Å²) < 4.78 is 0. The number of benzene rings is 2. The fraction of sp³-hybridized carbons (Fsp3) is 0.524. The van der Waals surface area contributed by atoms with E-state index in [0.29, 0.717) is 6.04 Å². The van der Waals surface area contributed by atoms with Gasteiger partial charge < -0.3 is 15.7 Å². The Hall–Kier alpha value is -1.42. The SMILES string of the molecule is C[C@@H](NCCNCC1(O)CCCCC1)c1cccc2ccccc12. The maximum atomic E-state index is 10.5. The second kappa shape index (κ2) is 8.11. The first kappa shape index (κ1) is 17.4. The van der Waals surface area contributed by atoms with Crippen LogP contribution >= 0.6 is 0 Å². The van der Waals surface area contributed by atoms with Crippen LogP contribution < -0.4 is 10.6 Å². The van der Waals surface area contributed by atoms with Crippen LogP contribution in [0.15, 0.2) is 42.5 Å². The van der Waals surface area contributed by atoms with Crippen LogP contribution in [0, 0.1) is 0 Å². The molecule has 1 fully saturated rings. The monoisotopic (exact) mass is 326 g/mol. The van der Waals surface area contributed by atoms with Crippen molar-refractivity contribution in [2.75, 3.05) is 19.6 Å². The van der Waals surface area contributed by atoms with Crippen LogP contribution in [0.4, 0.5) is 0 Å². The Morgan fingerprint density at radius 1 is 1.00 bits per heavy atom. The van der Waals surface area contributed by atoms with Crippen molar-refractivity contribution in [3.05, 3.63) is 48.0 Å². The summed E-state index contributed by atoms with van der Waals surface area (Å²) in [5, 5.41) is 20.1. The maximum Gasteiger partial charge on any atom is 0.0771 e. The molecule has 0 aromatic heterocycles. The van der Waals surface area contributed by atoms with Crippen LogP contribution in [-0.4, -0.2) is 30.3 Å². The molecular formula is C21H30N2O. The molecule has 3 nitrogen and oxygen atoms in total. The van der Waals surface area contributed by atoms with E-state index in [2.05, 4.69) is 60.0 Å². The van der Waals surface area contributed by atoms with Gasteiger partial charge in [0, 0.05) is 25.7 Å². The second-order valence-corrected chi connectivity index (χ2v) is 7.21. The summed E-state index contributed by atoms with van der Waals surface area (Å²) in [7, 11) is 0. The highest BCUT2D eigenvalue weighted by Gasteiger charge is 2.28. The summed E-state index contributed by atoms with van der Waals surface area (Å²) in [4.78, 5) is 0. The van der Waals surface area contributed by atoms with Gasteiger partial charge in [0.05, 0.1) is 5.60 Å². The van der Waals surface area contributed by atoms with Crippen LogP contribution in [0.2, 0.25) is 0 Å². The van der Waals surface area contributed by atoms with Crippen molar-refractivity contribution in [1.29, 1.82) is 0 Å². The molecule has 3 N–H and O–H groups in total. The van der Waals surface area contributed by atoms with Crippen molar-refractivity contribution >= 4 is 10.8 Å². The summed E-state index contributed by atoms with van der Waals surface area (Å²) in [6, 6.07) is 15.4. The quantitative estimate of drug-likeness (QED) is 0.679. The third-order valence-electron chi connectivity index (χ3n) is 5.28. The van der Waals surface area contributed by atoms with Gasteiger partial charge in [-0.3, -0.25) is 0 Å². The lowest BCUT2D eigenvalue weighted by atomic mass is 9.85. The first-order valence-corrected chi connectivity index (χ1v) is 9.32. The Balaban J connectivity index is 1.46. The smallest absolute Gasteiger partial charge is 0.0771 e. The van der Waals surface area contributed by atoms with E-state index in [1.54, 1.807) is 0 Å². The van der Waals surface area contributed by atoms with Crippen molar-refractivity contribution in [2.24, 2.45) is 0 Å². The van der Waals surface area contributed by atoms with Gasteiger partial charge in [0.25, 0.3) is 0 Å². The zero-order valence-corrected chi connectivity index (χ0v) is 14.7. The molecule has 130 valence electrons. The lowest BCUT2D eigenvalue weighted by Gasteiger charge is -2.32. The first-order valence-electron chi connectivity index (χ1n) is 9.32. The van der Waals surface area contributed by atoms with Gasteiger partial charge in [-0.15, -0.1) is 0 Å². The number of aliphatic hydroxyl groups is 1. The van der Waals surface area contributed by atoms with Crippen LogP contribution in [0.5, 0.6) is 0 Å². The van der Waals surface area contributed by atoms with Crippen molar-refractivity contribution in [2.45, 2.75) is 50.7 Å². The largest absolute Gasteiger partial charge is 0.389 e. The van der Waals surface area contributed by atoms with Gasteiger partial charge in [-0.2, -0.15) is 0 Å². The van der Waals surface area contributed by atoms with E-state index in [0.717, 1.165) is 45.3 Å². The fourth-order valence-electron chi connectivity index (χ4n) is 3.82. The minimum absolute atomic E-state index is 0.315. The molecule has 1 aliphatic rings. The van der Waals surface area contributed by atoms with Crippen molar-refractivity contribution in [3.63, 3.8) is 0 Å². The highest BCUT2D eigenvalue weighted by atomic mass is 16.3. The number of nitrogens with one attached hydrogen (secondary N) is 2. The lowest BCUT2D eigenvalue weighted by molar-refractivity contribution is 0.00516. The van der Waals surface area contributed by atoms with Crippen molar-refractivity contribution in [1.82, 2.24) is 10.6 Å². The summed E-state index contributed by atoms with van der Waals surface area (Å²) in [6.45, 7) is 4.73. The van der Waals surface area contributed by atoms with E-state index in [-0.39, 0.29) is 0 Å². The van der Waals surface area contributed by atoms with E-state index in [4.69, 9.17) is 0 Å². The van der Waals surface area contributed by atoms with Crippen LogP contribution in [0.25, 0.3) is 10.8 Å². The number of hydrogen-bond acceptors (Lipinski definition) is 3. The van der Waals surface area contributed by atoms with E-state index in [1.165, 1.54) is 22.8 Å². The molecule has 2 aromatic carbocycles. The summed E-state index contributed by atoms with van der Waals surface area (Å²) in [5.41, 5.74) is 0.874. The lowest BCUT2D eigenvalue weighted by Crippen LogP contribution is -2.43. The van der Waals surface area contributed by atoms with Gasteiger partial charge in [-0.05, 0) is 36.1 Å². The summed E-state index contributed by atoms with van der Waals surface area (Å²) in [6.07, 6.45) is 5.48. The van der Waals surface area contributed by atoms with E-state index < -0.39 is 5.60 Å². The Kier molecular flexibility index (Phi) is 5.88. The van der Waals surface area contributed by atoms with Gasteiger partial charge in [0.15, 0.2) is 0 Å². The average molecular weight is 326 g/mol. The Morgan fingerprint density at radius 2 is 1.75 bits per heavy atom. The minimum Gasteiger partial charge on any atom is -0.389 e. The molecule has 0 radical (unpaired) electrons. The molecule has 3 rings (SSSR count). The third kappa shape index (κ3) is 4.35. The van der Waals surface area contributed by atoms with Gasteiger partial charge in [-0.1, -0.05) is 61.7 Å². The zero-order chi connectivity index (χ0) is 16.8. The maximum absolute atomic E-state index is 10.5. The van der Waals surface area contributed by atoms with E-state index >= 15 is 0 Å². The molecule has 24 heavy (non-hydrogen) atoms. The summed E-state index contributed by atoms with van der Waals surface area (Å²) in [5.74, 6) is 0. The molecule has 2 aromatic rings. The second-order valence-electron chi connectivity index (χ2n) is 7.21. The first-order chi connectivity index (χ1) is 11.7. The van der Waals surface area contributed by atoms with Gasteiger partial charge >= 0.3 is 0 Å². The van der Waals surface area contributed by atoms with Crippen LogP contribution in [-0.2, 0) is 0 Å². The molecule has 1 atom stereocenters. The Bertz CT molecular complexity index is 644. The molecule has 0 bridgehead atoms. The van der Waals surface area contributed by atoms with Gasteiger partial charge in [-0.25, -0.2) is 0 Å². The molecule has 0 aliphatic heterocycles. The Morgan fingerprint density at radius 3 is 2.58 bits per heavy atom. The molecule has 0 saturated heterocycles. The molecule has 0 heterocycles. The molecule has 1 aliphatic carbocycles. The van der Waals surface area contributed by atoms with Crippen LogP contribution in [0.1, 0.15) is 50.6 Å². The van der Waals surface area contributed by atoms with Crippen molar-refractivity contribution < 1.29 is 5.11 Å². The predicted octanol–water partition coefficient (Wildman–Crippen LogP) is 3.78. The number of rotatable bonds is 7. The standard InChI is InChI=1S/C21H30N2O/c1-17(19-11-7-9-18-8-3-4-10-20(18)19)23-15-14-22-16-21(24)12-5-2-6-13-21/h3-4,7-11,17,22-24H,2,5-6,12-16H2,1H3/t17-/m1/s1. The van der Waals surface area contributed by atoms with Crippen LogP contribution in [0.3, 0.4) is 0 Å². The van der Waals surface area contributed by atoms with Gasteiger partial charge in [0.1, 0.15) is 0 Å². The third-order valence-corrected chi connectivity index (χ3v) is 5.28. The fourth-order valence-corrected chi connectivity index (χ4v) is 3.82. The van der Waals surface area contributed by atoms with Gasteiger partial charge in [0.2, 0.25) is 0 Å². The molecule has 0 spiro atoms. The predicted molar refractivity (Wildman–Crippen MR) is 101 cm³/mol. The Labute approximate surface area is 145 Å².